The lowest BCUT2D eigenvalue weighted by Gasteiger charge is -2.10. The standard InChI is InChI=1S/C8H5F3O2S/c9-8(10,11)6-3-4(14)1-2-5(6)7(12)13/h1-3,14H,(H,12,13). The Bertz CT molecular complexity index is 373. The highest BCUT2D eigenvalue weighted by molar-refractivity contribution is 7.80. The van der Waals surface area contributed by atoms with Crippen molar-refractivity contribution >= 4 is 18.6 Å². The number of thiol groups is 1. The Balaban J connectivity index is 3.38. The number of benzene rings is 1. The van der Waals surface area contributed by atoms with E-state index in [0.717, 1.165) is 6.07 Å². The molecular formula is C8H5F3O2S. The summed E-state index contributed by atoms with van der Waals surface area (Å²) in [4.78, 5) is 10.5. The Morgan fingerprint density at radius 2 is 1.93 bits per heavy atom. The smallest absolute Gasteiger partial charge is 0.417 e. The monoisotopic (exact) mass is 222 g/mol. The molecule has 0 saturated heterocycles. The maximum absolute atomic E-state index is 12.3. The van der Waals surface area contributed by atoms with Crippen LogP contribution in [0.15, 0.2) is 23.1 Å². The van der Waals surface area contributed by atoms with Crippen LogP contribution in [0, 0.1) is 0 Å². The zero-order valence-corrected chi connectivity index (χ0v) is 7.56. The predicted molar refractivity (Wildman–Crippen MR) is 45.7 cm³/mol. The summed E-state index contributed by atoms with van der Waals surface area (Å²) < 4.78 is 36.9. The van der Waals surface area contributed by atoms with Crippen molar-refractivity contribution in [3.8, 4) is 0 Å². The highest BCUT2D eigenvalue weighted by atomic mass is 32.1. The van der Waals surface area contributed by atoms with Crippen LogP contribution in [-0.4, -0.2) is 11.1 Å². The van der Waals surface area contributed by atoms with Crippen LogP contribution < -0.4 is 0 Å². The Morgan fingerprint density at radius 3 is 2.36 bits per heavy atom. The van der Waals surface area contributed by atoms with Gasteiger partial charge in [-0.3, -0.25) is 0 Å². The summed E-state index contributed by atoms with van der Waals surface area (Å²) in [5, 5.41) is 8.49. The van der Waals surface area contributed by atoms with Crippen molar-refractivity contribution in [2.45, 2.75) is 11.1 Å². The summed E-state index contributed by atoms with van der Waals surface area (Å²) >= 11 is 3.71. The fourth-order valence-electron chi connectivity index (χ4n) is 0.953. The van der Waals surface area contributed by atoms with E-state index in [1.165, 1.54) is 6.07 Å². The van der Waals surface area contributed by atoms with E-state index in [2.05, 4.69) is 12.6 Å². The maximum Gasteiger partial charge on any atom is 0.417 e. The van der Waals surface area contributed by atoms with E-state index in [1.54, 1.807) is 0 Å². The molecule has 6 heteroatoms. The zero-order chi connectivity index (χ0) is 10.9. The van der Waals surface area contributed by atoms with E-state index < -0.39 is 23.3 Å². The third-order valence-corrected chi connectivity index (χ3v) is 1.82. The Hall–Kier alpha value is -1.17. The van der Waals surface area contributed by atoms with E-state index in [4.69, 9.17) is 5.11 Å². The van der Waals surface area contributed by atoms with E-state index >= 15 is 0 Å². The first-order valence-electron chi connectivity index (χ1n) is 3.46. The number of carbonyl (C=O) groups is 1. The fourth-order valence-corrected chi connectivity index (χ4v) is 1.16. The molecule has 0 amide bonds. The topological polar surface area (TPSA) is 37.3 Å². The van der Waals surface area contributed by atoms with E-state index in [9.17, 15) is 18.0 Å². The molecule has 0 radical (unpaired) electrons. The van der Waals surface area contributed by atoms with Crippen molar-refractivity contribution in [1.29, 1.82) is 0 Å². The van der Waals surface area contributed by atoms with Gasteiger partial charge >= 0.3 is 12.1 Å². The number of carboxylic acid groups (broad SMARTS) is 1. The summed E-state index contributed by atoms with van der Waals surface area (Å²) in [5.41, 5.74) is -1.95. The summed E-state index contributed by atoms with van der Waals surface area (Å²) in [6.45, 7) is 0. The largest absolute Gasteiger partial charge is 0.478 e. The van der Waals surface area contributed by atoms with Crippen LogP contribution in [0.3, 0.4) is 0 Å². The average molecular weight is 222 g/mol. The van der Waals surface area contributed by atoms with Gasteiger partial charge in [-0.2, -0.15) is 13.2 Å². The Labute approximate surface area is 82.8 Å². The molecule has 1 aromatic rings. The van der Waals surface area contributed by atoms with Gasteiger partial charge in [0.05, 0.1) is 11.1 Å². The van der Waals surface area contributed by atoms with Crippen LogP contribution in [0.4, 0.5) is 13.2 Å². The molecule has 0 fully saturated rings. The third-order valence-electron chi connectivity index (χ3n) is 1.54. The molecule has 1 rings (SSSR count). The summed E-state index contributed by atoms with van der Waals surface area (Å²) in [7, 11) is 0. The lowest BCUT2D eigenvalue weighted by Crippen LogP contribution is -2.12. The third kappa shape index (κ3) is 2.20. The lowest BCUT2D eigenvalue weighted by atomic mass is 10.1. The number of hydrogen-bond donors (Lipinski definition) is 2. The first-order valence-corrected chi connectivity index (χ1v) is 3.90. The predicted octanol–water partition coefficient (Wildman–Crippen LogP) is 2.69. The van der Waals surface area contributed by atoms with Gasteiger partial charge in [0.25, 0.3) is 0 Å². The molecule has 76 valence electrons. The molecule has 2 nitrogen and oxygen atoms in total. The minimum absolute atomic E-state index is 0.0716. The second-order valence-electron chi connectivity index (χ2n) is 2.53. The van der Waals surface area contributed by atoms with Crippen LogP contribution in [0.1, 0.15) is 15.9 Å². The molecule has 0 aromatic heterocycles. The van der Waals surface area contributed by atoms with E-state index in [0.29, 0.717) is 6.07 Å². The second kappa shape index (κ2) is 3.53. The van der Waals surface area contributed by atoms with Gasteiger partial charge in [-0.1, -0.05) is 0 Å². The number of carboxylic acids is 1. The van der Waals surface area contributed by atoms with Gasteiger partial charge in [0.1, 0.15) is 0 Å². The van der Waals surface area contributed by atoms with Gasteiger partial charge in [-0.15, -0.1) is 12.6 Å². The van der Waals surface area contributed by atoms with Crippen molar-refractivity contribution in [2.24, 2.45) is 0 Å². The van der Waals surface area contributed by atoms with Crippen molar-refractivity contribution < 1.29 is 23.1 Å². The van der Waals surface area contributed by atoms with Gasteiger partial charge < -0.3 is 5.11 Å². The Kier molecular flexibility index (Phi) is 2.75. The minimum Gasteiger partial charge on any atom is -0.478 e. The molecule has 0 unspecified atom stereocenters. The molecule has 0 saturated carbocycles. The van der Waals surface area contributed by atoms with Crippen molar-refractivity contribution in [1.82, 2.24) is 0 Å². The molecule has 14 heavy (non-hydrogen) atoms. The number of rotatable bonds is 1. The molecule has 0 aliphatic rings. The zero-order valence-electron chi connectivity index (χ0n) is 6.67. The van der Waals surface area contributed by atoms with Crippen LogP contribution in [0.2, 0.25) is 0 Å². The molecule has 1 N–H and O–H groups in total. The van der Waals surface area contributed by atoms with E-state index in [-0.39, 0.29) is 4.90 Å². The fraction of sp³-hybridized carbons (Fsp3) is 0.125. The molecule has 0 aliphatic carbocycles. The van der Waals surface area contributed by atoms with Crippen LogP contribution in [0.25, 0.3) is 0 Å². The van der Waals surface area contributed by atoms with Crippen molar-refractivity contribution in [2.75, 3.05) is 0 Å². The molecule has 0 bridgehead atoms. The molecule has 0 heterocycles. The molecule has 1 aromatic carbocycles. The van der Waals surface area contributed by atoms with E-state index in [1.807, 2.05) is 0 Å². The summed E-state index contributed by atoms with van der Waals surface area (Å²) in [6.07, 6.45) is -4.67. The number of halogens is 3. The summed E-state index contributed by atoms with van der Waals surface area (Å²) in [6, 6.07) is 2.77. The maximum atomic E-state index is 12.3. The van der Waals surface area contributed by atoms with Gasteiger partial charge in [0.15, 0.2) is 0 Å². The first kappa shape index (κ1) is 10.9. The quantitative estimate of drug-likeness (QED) is 0.717. The van der Waals surface area contributed by atoms with Gasteiger partial charge in [-0.05, 0) is 18.2 Å². The van der Waals surface area contributed by atoms with Crippen LogP contribution in [-0.2, 0) is 6.18 Å². The highest BCUT2D eigenvalue weighted by Crippen LogP contribution is 2.33. The van der Waals surface area contributed by atoms with Crippen molar-refractivity contribution in [3.63, 3.8) is 0 Å². The Morgan fingerprint density at radius 1 is 1.36 bits per heavy atom. The normalized spacial score (nSPS) is 11.4. The van der Waals surface area contributed by atoms with Gasteiger partial charge in [0.2, 0.25) is 0 Å². The number of alkyl halides is 3. The van der Waals surface area contributed by atoms with Crippen LogP contribution in [0.5, 0.6) is 0 Å². The lowest BCUT2D eigenvalue weighted by molar-refractivity contribution is -0.138. The van der Waals surface area contributed by atoms with Gasteiger partial charge in [0, 0.05) is 4.90 Å². The highest BCUT2D eigenvalue weighted by Gasteiger charge is 2.35. The second-order valence-corrected chi connectivity index (χ2v) is 3.05. The average Bonchev–Trinajstić information content (AvgIpc) is 2.01. The SMILES string of the molecule is O=C(O)c1ccc(S)cc1C(F)(F)F. The molecule has 0 aliphatic heterocycles. The number of hydrogen-bond acceptors (Lipinski definition) is 2. The van der Waals surface area contributed by atoms with Crippen LogP contribution >= 0.6 is 12.6 Å². The van der Waals surface area contributed by atoms with Crippen molar-refractivity contribution in [3.05, 3.63) is 29.3 Å². The molecule has 0 atom stereocenters. The molecule has 0 spiro atoms. The minimum atomic E-state index is -4.67. The summed E-state index contributed by atoms with van der Waals surface area (Å²) in [5.74, 6) is -1.61. The number of aromatic carboxylic acids is 1. The molecular weight excluding hydrogens is 217 g/mol. The van der Waals surface area contributed by atoms with Gasteiger partial charge in [-0.25, -0.2) is 4.79 Å². The first-order chi connectivity index (χ1) is 6.32.